The minimum atomic E-state index is -1.26. The highest BCUT2D eigenvalue weighted by atomic mass is 16.4. The number of carboxylic acid groups (broad SMARTS) is 2. The number of imidazole rings is 1. The summed E-state index contributed by atoms with van der Waals surface area (Å²) in [5, 5.41) is 15.6. The minimum absolute atomic E-state index is 0.382. The Bertz CT molecular complexity index is 851. The Hall–Kier alpha value is -2.89. The largest absolute Gasteiger partial charge is 0.478 e. The predicted octanol–water partition coefficient (Wildman–Crippen LogP) is 2.59. The Labute approximate surface area is 144 Å². The van der Waals surface area contributed by atoms with Crippen LogP contribution in [0.5, 0.6) is 0 Å². The lowest BCUT2D eigenvalue weighted by molar-refractivity contribution is -0.134. The third kappa shape index (κ3) is 2.21. The zero-order valence-electron chi connectivity index (χ0n) is 13.5. The molecule has 1 spiro atoms. The van der Waals surface area contributed by atoms with Gasteiger partial charge in [0.15, 0.2) is 0 Å². The van der Waals surface area contributed by atoms with Crippen molar-refractivity contribution in [1.29, 1.82) is 0 Å². The first-order valence-electron chi connectivity index (χ1n) is 8.23. The number of H-pyrrole nitrogens is 1. The average molecular weight is 338 g/mol. The van der Waals surface area contributed by atoms with Crippen LogP contribution >= 0.6 is 0 Å². The van der Waals surface area contributed by atoms with E-state index in [9.17, 15) is 9.59 Å². The summed E-state index contributed by atoms with van der Waals surface area (Å²) in [6, 6.07) is 9.08. The number of aromatic nitrogens is 2. The molecule has 2 fully saturated rings. The molecule has 0 amide bonds. The van der Waals surface area contributed by atoms with Crippen molar-refractivity contribution in [3.05, 3.63) is 65.8 Å². The van der Waals surface area contributed by atoms with Crippen molar-refractivity contribution < 1.29 is 19.8 Å². The molecule has 128 valence electrons. The molecule has 0 saturated heterocycles. The van der Waals surface area contributed by atoms with E-state index in [1.54, 1.807) is 11.1 Å². The van der Waals surface area contributed by atoms with Gasteiger partial charge < -0.3 is 15.2 Å². The number of fused-ring (bicyclic) bond motifs is 5. The molecule has 3 aliphatic rings. The van der Waals surface area contributed by atoms with Gasteiger partial charge in [0.2, 0.25) is 0 Å². The van der Waals surface area contributed by atoms with Gasteiger partial charge in [-0.15, -0.1) is 0 Å². The summed E-state index contributed by atoms with van der Waals surface area (Å²) in [5.41, 5.74) is 5.45. The van der Waals surface area contributed by atoms with Crippen molar-refractivity contribution in [3.63, 3.8) is 0 Å². The molecule has 5 rings (SSSR count). The van der Waals surface area contributed by atoms with Gasteiger partial charge >= 0.3 is 11.9 Å². The Morgan fingerprint density at radius 2 is 1.84 bits per heavy atom. The number of hydrogen-bond acceptors (Lipinski definition) is 3. The van der Waals surface area contributed by atoms with Crippen LogP contribution in [-0.4, -0.2) is 32.1 Å². The maximum absolute atomic E-state index is 9.55. The lowest BCUT2D eigenvalue weighted by Gasteiger charge is -2.22. The quantitative estimate of drug-likeness (QED) is 0.746. The highest BCUT2D eigenvalue weighted by Gasteiger charge is 2.78. The van der Waals surface area contributed by atoms with E-state index in [1.807, 2.05) is 12.5 Å². The Morgan fingerprint density at radius 3 is 2.40 bits per heavy atom. The first-order valence-corrected chi connectivity index (χ1v) is 8.23. The highest BCUT2D eigenvalue weighted by Crippen LogP contribution is 2.82. The third-order valence-corrected chi connectivity index (χ3v) is 5.76. The van der Waals surface area contributed by atoms with Gasteiger partial charge in [0, 0.05) is 34.9 Å². The molecular weight excluding hydrogens is 320 g/mol. The zero-order chi connectivity index (χ0) is 17.7. The maximum Gasteiger partial charge on any atom is 0.328 e. The van der Waals surface area contributed by atoms with Crippen molar-refractivity contribution in [2.75, 3.05) is 0 Å². The van der Waals surface area contributed by atoms with Gasteiger partial charge in [0.05, 0.1) is 6.33 Å². The number of nitrogens with zero attached hydrogens (tertiary/aromatic N) is 1. The highest BCUT2D eigenvalue weighted by molar-refractivity contribution is 5.89. The first-order chi connectivity index (χ1) is 12.0. The number of nitrogens with one attached hydrogen (secondary N) is 1. The standard InChI is InChI=1S/C15H14N2.C4H4O4/c1-2-4-11-10(3-1)12-7-15(12,14(11)5-6-14)13-8-16-9-17-13;5-3(6)1-2-4(7)8/h1-4,8-9,12H,5-7H2,(H,16,17);1-2H,(H,5,6)(H,7,8)/b;2-1+/t12-,15-;/m0./s1. The number of hydrogen-bond donors (Lipinski definition) is 3. The second-order valence-corrected chi connectivity index (χ2v) is 6.87. The van der Waals surface area contributed by atoms with E-state index >= 15 is 0 Å². The van der Waals surface area contributed by atoms with Crippen LogP contribution in [-0.2, 0) is 20.4 Å². The van der Waals surface area contributed by atoms with Gasteiger partial charge in [-0.2, -0.15) is 0 Å². The van der Waals surface area contributed by atoms with Gasteiger partial charge in [-0.25, -0.2) is 14.6 Å². The van der Waals surface area contributed by atoms with E-state index in [4.69, 9.17) is 10.2 Å². The molecule has 1 aromatic carbocycles. The third-order valence-electron chi connectivity index (χ3n) is 5.76. The Morgan fingerprint density at radius 1 is 1.16 bits per heavy atom. The molecule has 3 aliphatic carbocycles. The summed E-state index contributed by atoms with van der Waals surface area (Å²) in [6.07, 6.45) is 9.04. The van der Waals surface area contributed by atoms with Crippen LogP contribution in [0.2, 0.25) is 0 Å². The van der Waals surface area contributed by atoms with Gasteiger partial charge in [-0.3, -0.25) is 0 Å². The fraction of sp³-hybridized carbons (Fsp3) is 0.316. The van der Waals surface area contributed by atoms with Crippen LogP contribution in [0, 0.1) is 0 Å². The van der Waals surface area contributed by atoms with Gasteiger partial charge in [0.25, 0.3) is 0 Å². The lowest BCUT2D eigenvalue weighted by atomic mass is 9.81. The molecule has 2 saturated carbocycles. The molecule has 3 N–H and O–H groups in total. The summed E-state index contributed by atoms with van der Waals surface area (Å²) in [6.45, 7) is 0. The molecule has 2 aromatic rings. The first kappa shape index (κ1) is 15.6. The topological polar surface area (TPSA) is 103 Å². The summed E-state index contributed by atoms with van der Waals surface area (Å²) in [4.78, 5) is 26.7. The van der Waals surface area contributed by atoms with E-state index in [-0.39, 0.29) is 0 Å². The van der Waals surface area contributed by atoms with E-state index in [0.29, 0.717) is 23.0 Å². The molecule has 6 nitrogen and oxygen atoms in total. The van der Waals surface area contributed by atoms with Crippen LogP contribution in [0.1, 0.15) is 42.0 Å². The molecule has 0 bridgehead atoms. The van der Waals surface area contributed by atoms with Crippen LogP contribution in [0.3, 0.4) is 0 Å². The van der Waals surface area contributed by atoms with Gasteiger partial charge in [-0.05, 0) is 36.3 Å². The van der Waals surface area contributed by atoms with E-state index in [2.05, 4.69) is 34.2 Å². The zero-order valence-corrected chi connectivity index (χ0v) is 13.5. The fourth-order valence-electron chi connectivity index (χ4n) is 4.68. The summed E-state index contributed by atoms with van der Waals surface area (Å²) >= 11 is 0. The molecule has 25 heavy (non-hydrogen) atoms. The van der Waals surface area contributed by atoms with Crippen molar-refractivity contribution in [2.45, 2.75) is 36.0 Å². The van der Waals surface area contributed by atoms with E-state index in [1.165, 1.54) is 25.0 Å². The van der Waals surface area contributed by atoms with Crippen molar-refractivity contribution >= 4 is 11.9 Å². The monoisotopic (exact) mass is 338 g/mol. The fourth-order valence-corrected chi connectivity index (χ4v) is 4.68. The van der Waals surface area contributed by atoms with Gasteiger partial charge in [-0.1, -0.05) is 24.3 Å². The van der Waals surface area contributed by atoms with E-state index < -0.39 is 11.9 Å². The van der Waals surface area contributed by atoms with E-state index in [0.717, 1.165) is 5.92 Å². The van der Waals surface area contributed by atoms with Crippen molar-refractivity contribution in [1.82, 2.24) is 9.97 Å². The summed E-state index contributed by atoms with van der Waals surface area (Å²) in [7, 11) is 0. The molecule has 0 radical (unpaired) electrons. The smallest absolute Gasteiger partial charge is 0.328 e. The second-order valence-electron chi connectivity index (χ2n) is 6.87. The Balaban J connectivity index is 0.000000170. The average Bonchev–Trinajstić information content (AvgIpc) is 3.46. The van der Waals surface area contributed by atoms with Crippen LogP contribution in [0.4, 0.5) is 0 Å². The summed E-state index contributed by atoms with van der Waals surface area (Å²) in [5.74, 6) is -1.76. The predicted molar refractivity (Wildman–Crippen MR) is 89.4 cm³/mol. The second kappa shape index (κ2) is 5.31. The van der Waals surface area contributed by atoms with Crippen LogP contribution in [0.15, 0.2) is 48.9 Å². The number of carbonyl (C=O) groups is 2. The molecule has 1 heterocycles. The number of aliphatic carboxylic acids is 2. The lowest BCUT2D eigenvalue weighted by Crippen LogP contribution is -2.24. The molecule has 2 atom stereocenters. The van der Waals surface area contributed by atoms with Crippen molar-refractivity contribution in [3.8, 4) is 0 Å². The van der Waals surface area contributed by atoms with Gasteiger partial charge in [0.1, 0.15) is 0 Å². The molecule has 6 heteroatoms. The molecular formula is C19H18N2O4. The molecule has 0 aliphatic heterocycles. The SMILES string of the molecule is O=C(O)/C=C/C(=O)O.c1ccc2c(c1)[C@@H]1C[C@]1(c1cnc[nH]1)C21CC1. The number of aromatic amines is 1. The molecule has 1 aromatic heterocycles. The van der Waals surface area contributed by atoms with Crippen molar-refractivity contribution in [2.24, 2.45) is 0 Å². The number of benzene rings is 1. The Kier molecular flexibility index (Phi) is 3.32. The van der Waals surface area contributed by atoms with Crippen LogP contribution < -0.4 is 0 Å². The maximum atomic E-state index is 9.55. The molecule has 0 unspecified atom stereocenters. The number of rotatable bonds is 3. The summed E-state index contributed by atoms with van der Waals surface area (Å²) < 4.78 is 0. The number of carboxylic acids is 2. The minimum Gasteiger partial charge on any atom is -0.478 e. The van der Waals surface area contributed by atoms with Crippen LogP contribution in [0.25, 0.3) is 0 Å². The normalized spacial score (nSPS) is 26.5.